The van der Waals surface area contributed by atoms with Crippen LogP contribution in [0.1, 0.15) is 10.5 Å². The topological polar surface area (TPSA) is 109 Å². The molecular formula is C8H13N5O3. The van der Waals surface area contributed by atoms with E-state index in [2.05, 4.69) is 20.9 Å². The Balaban J connectivity index is 2.27. The van der Waals surface area contributed by atoms with Gasteiger partial charge in [-0.15, -0.1) is 5.10 Å². The maximum Gasteiger partial charge on any atom is 0.358 e. The fourth-order valence-electron chi connectivity index (χ4n) is 0.990. The van der Waals surface area contributed by atoms with Gasteiger partial charge in [0.05, 0.1) is 19.3 Å². The van der Waals surface area contributed by atoms with Crippen LogP contribution in [0.4, 0.5) is 0 Å². The largest absolute Gasteiger partial charge is 0.476 e. The molecule has 1 heterocycles. The highest BCUT2D eigenvalue weighted by Crippen LogP contribution is 1.91. The van der Waals surface area contributed by atoms with E-state index in [0.717, 1.165) is 0 Å². The van der Waals surface area contributed by atoms with E-state index in [1.807, 2.05) is 0 Å². The highest BCUT2D eigenvalue weighted by molar-refractivity contribution is 5.84. The predicted molar refractivity (Wildman–Crippen MR) is 53.9 cm³/mol. The number of nitrogens with zero attached hydrogens (tertiary/aromatic N) is 3. The summed E-state index contributed by atoms with van der Waals surface area (Å²) in [5.74, 6) is -1.21. The molecule has 0 bridgehead atoms. The maximum atomic E-state index is 10.8. The summed E-state index contributed by atoms with van der Waals surface area (Å²) in [6.45, 7) is 1.18. The molecule has 16 heavy (non-hydrogen) atoms. The first-order chi connectivity index (χ1) is 7.63. The Hall–Kier alpha value is -1.96. The Bertz CT molecular complexity index is 376. The van der Waals surface area contributed by atoms with Gasteiger partial charge in [0.2, 0.25) is 5.91 Å². The minimum atomic E-state index is -1.11. The molecule has 0 atom stereocenters. The van der Waals surface area contributed by atoms with Gasteiger partial charge in [0.1, 0.15) is 0 Å². The number of amides is 1. The Morgan fingerprint density at radius 1 is 1.56 bits per heavy atom. The summed E-state index contributed by atoms with van der Waals surface area (Å²) in [6.07, 6.45) is 1.34. The van der Waals surface area contributed by atoms with E-state index < -0.39 is 5.97 Å². The summed E-state index contributed by atoms with van der Waals surface area (Å²) < 4.78 is 1.40. The molecule has 0 saturated heterocycles. The summed E-state index contributed by atoms with van der Waals surface area (Å²) >= 11 is 0. The first-order valence-electron chi connectivity index (χ1n) is 4.68. The van der Waals surface area contributed by atoms with E-state index in [9.17, 15) is 9.59 Å². The molecule has 8 nitrogen and oxygen atoms in total. The number of likely N-dealkylation sites (N-methyl/N-ethyl adjacent to an activating group) is 1. The summed E-state index contributed by atoms with van der Waals surface area (Å²) in [7, 11) is 1.56. The van der Waals surface area contributed by atoms with Crippen molar-refractivity contribution < 1.29 is 14.7 Å². The van der Waals surface area contributed by atoms with Gasteiger partial charge in [0.15, 0.2) is 5.69 Å². The molecule has 0 aliphatic rings. The molecule has 1 rings (SSSR count). The molecule has 88 valence electrons. The van der Waals surface area contributed by atoms with Crippen LogP contribution in [0.2, 0.25) is 0 Å². The summed E-state index contributed by atoms with van der Waals surface area (Å²) in [5.41, 5.74) is -0.0914. The van der Waals surface area contributed by atoms with Crippen molar-refractivity contribution in [1.82, 2.24) is 25.6 Å². The van der Waals surface area contributed by atoms with Crippen LogP contribution in [0, 0.1) is 0 Å². The van der Waals surface area contributed by atoms with Crippen molar-refractivity contribution in [3.05, 3.63) is 11.9 Å². The molecule has 0 aliphatic carbocycles. The van der Waals surface area contributed by atoms with Crippen molar-refractivity contribution >= 4 is 11.9 Å². The van der Waals surface area contributed by atoms with Crippen LogP contribution in [-0.4, -0.2) is 52.1 Å². The third-order valence-corrected chi connectivity index (χ3v) is 1.84. The monoisotopic (exact) mass is 227 g/mol. The third kappa shape index (κ3) is 3.65. The van der Waals surface area contributed by atoms with E-state index in [1.54, 1.807) is 7.05 Å². The number of carboxylic acid groups (broad SMARTS) is 1. The Morgan fingerprint density at radius 2 is 2.31 bits per heavy atom. The summed E-state index contributed by atoms with van der Waals surface area (Å²) in [4.78, 5) is 21.3. The van der Waals surface area contributed by atoms with Gasteiger partial charge in [-0.25, -0.2) is 4.79 Å². The maximum absolute atomic E-state index is 10.8. The minimum Gasteiger partial charge on any atom is -0.476 e. The van der Waals surface area contributed by atoms with Crippen LogP contribution in [0.25, 0.3) is 0 Å². The van der Waals surface area contributed by atoms with Crippen LogP contribution in [0.15, 0.2) is 6.20 Å². The number of hydrogen-bond donors (Lipinski definition) is 3. The fraction of sp³-hybridized carbons (Fsp3) is 0.500. The number of aromatic carboxylic acids is 1. The van der Waals surface area contributed by atoms with Gasteiger partial charge in [-0.2, -0.15) is 0 Å². The zero-order chi connectivity index (χ0) is 12.0. The number of rotatable bonds is 6. The SMILES string of the molecule is CNC(=O)CNCCn1cc(C(=O)O)nn1. The van der Waals surface area contributed by atoms with E-state index in [-0.39, 0.29) is 18.1 Å². The Morgan fingerprint density at radius 3 is 2.88 bits per heavy atom. The zero-order valence-corrected chi connectivity index (χ0v) is 8.80. The molecule has 0 saturated carbocycles. The van der Waals surface area contributed by atoms with E-state index in [4.69, 9.17) is 5.11 Å². The summed E-state index contributed by atoms with van der Waals surface area (Å²) in [6, 6.07) is 0. The highest BCUT2D eigenvalue weighted by atomic mass is 16.4. The van der Waals surface area contributed by atoms with Gasteiger partial charge in [-0.1, -0.05) is 5.21 Å². The normalized spacial score (nSPS) is 10.1. The van der Waals surface area contributed by atoms with Crippen LogP contribution in [0.5, 0.6) is 0 Å². The van der Waals surface area contributed by atoms with Gasteiger partial charge >= 0.3 is 5.97 Å². The Labute approximate surface area is 91.6 Å². The molecular weight excluding hydrogens is 214 g/mol. The molecule has 0 aliphatic heterocycles. The average molecular weight is 227 g/mol. The second-order valence-corrected chi connectivity index (χ2v) is 3.02. The van der Waals surface area contributed by atoms with E-state index in [0.29, 0.717) is 13.1 Å². The van der Waals surface area contributed by atoms with Gasteiger partial charge in [-0.05, 0) is 0 Å². The van der Waals surface area contributed by atoms with Gasteiger partial charge in [0.25, 0.3) is 0 Å². The number of carboxylic acids is 1. The van der Waals surface area contributed by atoms with Crippen molar-refractivity contribution in [2.45, 2.75) is 6.54 Å². The second-order valence-electron chi connectivity index (χ2n) is 3.02. The number of carbonyl (C=O) groups excluding carboxylic acids is 1. The molecule has 1 amide bonds. The molecule has 0 fully saturated rings. The van der Waals surface area contributed by atoms with Crippen molar-refractivity contribution in [1.29, 1.82) is 0 Å². The van der Waals surface area contributed by atoms with Gasteiger partial charge in [-0.3, -0.25) is 9.48 Å². The van der Waals surface area contributed by atoms with Crippen LogP contribution < -0.4 is 10.6 Å². The standard InChI is InChI=1S/C8H13N5O3/c1-9-7(14)4-10-2-3-13-5-6(8(15)16)11-12-13/h5,10H,2-4H2,1H3,(H,9,14)(H,15,16). The lowest BCUT2D eigenvalue weighted by molar-refractivity contribution is -0.119. The third-order valence-electron chi connectivity index (χ3n) is 1.84. The smallest absolute Gasteiger partial charge is 0.358 e. The van der Waals surface area contributed by atoms with Crippen LogP contribution >= 0.6 is 0 Å². The first kappa shape index (κ1) is 12.1. The zero-order valence-electron chi connectivity index (χ0n) is 8.80. The minimum absolute atomic E-state index is 0.0914. The molecule has 0 radical (unpaired) electrons. The average Bonchev–Trinajstić information content (AvgIpc) is 2.72. The van der Waals surface area contributed by atoms with Crippen molar-refractivity contribution in [2.24, 2.45) is 0 Å². The Kier molecular flexibility index (Phi) is 4.40. The lowest BCUT2D eigenvalue weighted by Crippen LogP contribution is -2.33. The second kappa shape index (κ2) is 5.81. The van der Waals surface area contributed by atoms with Crippen molar-refractivity contribution in [2.75, 3.05) is 20.1 Å². The molecule has 1 aromatic heterocycles. The van der Waals surface area contributed by atoms with Crippen molar-refractivity contribution in [3.63, 3.8) is 0 Å². The highest BCUT2D eigenvalue weighted by Gasteiger charge is 2.07. The fourth-order valence-corrected chi connectivity index (χ4v) is 0.990. The molecule has 1 aromatic rings. The predicted octanol–water partition coefficient (Wildman–Crippen LogP) is -1.69. The molecule has 8 heteroatoms. The number of nitrogens with one attached hydrogen (secondary N) is 2. The van der Waals surface area contributed by atoms with Crippen molar-refractivity contribution in [3.8, 4) is 0 Å². The number of hydrogen-bond acceptors (Lipinski definition) is 5. The van der Waals surface area contributed by atoms with Crippen LogP contribution in [-0.2, 0) is 11.3 Å². The lowest BCUT2D eigenvalue weighted by Gasteiger charge is -2.02. The lowest BCUT2D eigenvalue weighted by atomic mass is 10.5. The van der Waals surface area contributed by atoms with E-state index in [1.165, 1.54) is 10.9 Å². The van der Waals surface area contributed by atoms with Crippen LogP contribution in [0.3, 0.4) is 0 Å². The molecule has 0 unspecified atom stereocenters. The van der Waals surface area contributed by atoms with E-state index >= 15 is 0 Å². The number of aromatic nitrogens is 3. The quantitative estimate of drug-likeness (QED) is 0.500. The van der Waals surface area contributed by atoms with Gasteiger partial charge < -0.3 is 15.7 Å². The number of carbonyl (C=O) groups is 2. The first-order valence-corrected chi connectivity index (χ1v) is 4.68. The molecule has 0 spiro atoms. The molecule has 0 aromatic carbocycles. The summed E-state index contributed by atoms with van der Waals surface area (Å²) in [5, 5.41) is 21.0. The van der Waals surface area contributed by atoms with Gasteiger partial charge in [0, 0.05) is 13.6 Å². The molecule has 3 N–H and O–H groups in total.